The number of alkyl halides is 2. The maximum absolute atomic E-state index is 15.1. The van der Waals surface area contributed by atoms with Crippen LogP contribution in [0, 0.1) is 5.92 Å². The highest BCUT2D eigenvalue weighted by Crippen LogP contribution is 2.40. The van der Waals surface area contributed by atoms with E-state index in [0.717, 1.165) is 30.9 Å². The monoisotopic (exact) mass is 502 g/mol. The molecule has 0 spiro atoms. The molecule has 2 aromatic heterocycles. The maximum Gasteiger partial charge on any atom is 0.325 e. The third-order valence-corrected chi connectivity index (χ3v) is 7.03. The predicted molar refractivity (Wildman–Crippen MR) is 134 cm³/mol. The van der Waals surface area contributed by atoms with Crippen molar-refractivity contribution in [2.24, 2.45) is 5.92 Å². The Kier molecular flexibility index (Phi) is 8.39. The van der Waals surface area contributed by atoms with E-state index in [0.29, 0.717) is 37.1 Å². The van der Waals surface area contributed by atoms with Crippen molar-refractivity contribution in [1.29, 1.82) is 0 Å². The van der Waals surface area contributed by atoms with Crippen LogP contribution in [-0.4, -0.2) is 57.6 Å². The Morgan fingerprint density at radius 1 is 1.31 bits per heavy atom. The van der Waals surface area contributed by atoms with Crippen LogP contribution in [0.1, 0.15) is 68.8 Å². The van der Waals surface area contributed by atoms with Gasteiger partial charge in [-0.25, -0.2) is 13.8 Å². The summed E-state index contributed by atoms with van der Waals surface area (Å²) < 4.78 is 36.0. The van der Waals surface area contributed by atoms with Crippen molar-refractivity contribution >= 4 is 11.8 Å². The average molecular weight is 503 g/mol. The van der Waals surface area contributed by atoms with E-state index < -0.39 is 23.9 Å². The topological polar surface area (TPSA) is 87.6 Å². The number of ether oxygens (including phenoxy) is 1. The Hall–Kier alpha value is -2.81. The molecular weight excluding hydrogens is 466 g/mol. The first kappa shape index (κ1) is 26.3. The van der Waals surface area contributed by atoms with Crippen molar-refractivity contribution in [3.05, 3.63) is 47.4 Å². The smallest absolute Gasteiger partial charge is 0.325 e. The summed E-state index contributed by atoms with van der Waals surface area (Å²) >= 11 is 0. The number of hydrogen-bond donors (Lipinski definition) is 2. The van der Waals surface area contributed by atoms with Crippen LogP contribution >= 0.6 is 0 Å². The summed E-state index contributed by atoms with van der Waals surface area (Å²) in [6, 6.07) is 4.64. The largest absolute Gasteiger partial charge is 0.491 e. The number of fused-ring (bicyclic) bond motifs is 1. The molecule has 2 atom stereocenters. The lowest BCUT2D eigenvalue weighted by Gasteiger charge is -2.28. The van der Waals surface area contributed by atoms with Crippen LogP contribution in [0.5, 0.6) is 5.75 Å². The summed E-state index contributed by atoms with van der Waals surface area (Å²) in [5, 5.41) is 13.3. The number of hydrogen-bond acceptors (Lipinski definition) is 6. The minimum atomic E-state index is -2.85. The lowest BCUT2D eigenvalue weighted by atomic mass is 9.95. The molecule has 0 aromatic carbocycles. The van der Waals surface area contributed by atoms with E-state index in [9.17, 15) is 9.90 Å². The number of anilines is 1. The second kappa shape index (κ2) is 11.5. The minimum Gasteiger partial charge on any atom is -0.491 e. The minimum absolute atomic E-state index is 0.0258. The number of rotatable bonds is 11. The summed E-state index contributed by atoms with van der Waals surface area (Å²) in [7, 11) is 0. The van der Waals surface area contributed by atoms with Crippen molar-refractivity contribution in [1.82, 2.24) is 14.9 Å². The van der Waals surface area contributed by atoms with Crippen molar-refractivity contribution in [3.63, 3.8) is 0 Å². The molecular formula is C27H36F2N4O3. The number of nitrogens with one attached hydrogen (secondary N) is 1. The fourth-order valence-corrected chi connectivity index (χ4v) is 5.19. The molecule has 2 aliphatic heterocycles. The van der Waals surface area contributed by atoms with Gasteiger partial charge in [-0.1, -0.05) is 6.07 Å². The fourth-order valence-electron chi connectivity index (χ4n) is 5.19. The Balaban J connectivity index is 1.33. The molecule has 7 nitrogen and oxygen atoms in total. The van der Waals surface area contributed by atoms with E-state index in [1.54, 1.807) is 11.0 Å². The molecule has 0 aliphatic carbocycles. The molecule has 0 saturated carbocycles. The average Bonchev–Trinajstić information content (AvgIpc) is 3.33. The first-order valence-electron chi connectivity index (χ1n) is 12.9. The Labute approximate surface area is 211 Å². The molecule has 4 rings (SSSR count). The van der Waals surface area contributed by atoms with Gasteiger partial charge in [0.1, 0.15) is 17.6 Å². The van der Waals surface area contributed by atoms with Crippen molar-refractivity contribution in [2.45, 2.75) is 76.9 Å². The molecule has 1 saturated heterocycles. The zero-order valence-electron chi connectivity index (χ0n) is 21.1. The number of carboxylic acids is 1. The van der Waals surface area contributed by atoms with Crippen LogP contribution in [0.4, 0.5) is 14.6 Å². The zero-order chi connectivity index (χ0) is 25.7. The highest BCUT2D eigenvalue weighted by molar-refractivity contribution is 5.76. The van der Waals surface area contributed by atoms with Crippen LogP contribution in [0.2, 0.25) is 0 Å². The van der Waals surface area contributed by atoms with Gasteiger partial charge in [0, 0.05) is 49.1 Å². The van der Waals surface area contributed by atoms with E-state index in [-0.39, 0.29) is 25.5 Å². The highest BCUT2D eigenvalue weighted by atomic mass is 19.3. The van der Waals surface area contributed by atoms with E-state index in [1.165, 1.54) is 18.0 Å². The number of aromatic nitrogens is 2. The zero-order valence-corrected chi connectivity index (χ0v) is 21.1. The number of carbonyl (C=O) groups is 1. The molecule has 0 radical (unpaired) electrons. The number of unbranched alkanes of at least 4 members (excludes halogenated alkanes) is 1. The molecule has 0 amide bonds. The second-order valence-corrected chi connectivity index (χ2v) is 10.1. The number of pyridine rings is 2. The molecule has 2 aromatic rings. The van der Waals surface area contributed by atoms with Gasteiger partial charge in [0.15, 0.2) is 0 Å². The third kappa shape index (κ3) is 6.30. The Bertz CT molecular complexity index is 1050. The van der Waals surface area contributed by atoms with Gasteiger partial charge in [0.05, 0.1) is 6.10 Å². The quantitative estimate of drug-likeness (QED) is 0.413. The SMILES string of the molecule is CC(C)Oc1ccncc1C(C(=O)O)N1CC[C@@H](C(F)(F)CCCCc2ccc3c(n2)NCCC3)C1. The number of halogens is 2. The molecule has 9 heteroatoms. The number of aliphatic carboxylic acids is 1. The summed E-state index contributed by atoms with van der Waals surface area (Å²) in [6.07, 6.45) is 6.74. The highest BCUT2D eigenvalue weighted by Gasteiger charge is 2.45. The van der Waals surface area contributed by atoms with Crippen LogP contribution in [-0.2, 0) is 17.6 Å². The van der Waals surface area contributed by atoms with Gasteiger partial charge < -0.3 is 15.2 Å². The normalized spacial score (nSPS) is 19.1. The van der Waals surface area contributed by atoms with Crippen molar-refractivity contribution in [3.8, 4) is 5.75 Å². The lowest BCUT2D eigenvalue weighted by Crippen LogP contribution is -2.36. The van der Waals surface area contributed by atoms with Crippen molar-refractivity contribution < 1.29 is 23.4 Å². The molecule has 1 fully saturated rings. The van der Waals surface area contributed by atoms with Crippen LogP contribution < -0.4 is 10.1 Å². The number of nitrogens with zero attached hydrogens (tertiary/aromatic N) is 3. The molecule has 196 valence electrons. The summed E-state index contributed by atoms with van der Waals surface area (Å²) in [4.78, 5) is 22.5. The maximum atomic E-state index is 15.1. The lowest BCUT2D eigenvalue weighted by molar-refractivity contribution is -0.143. The van der Waals surface area contributed by atoms with Crippen molar-refractivity contribution in [2.75, 3.05) is 25.0 Å². The third-order valence-electron chi connectivity index (χ3n) is 7.03. The number of likely N-dealkylation sites (tertiary alicyclic amines) is 1. The number of aryl methyl sites for hydroxylation is 2. The van der Waals surface area contributed by atoms with Crippen LogP contribution in [0.3, 0.4) is 0 Å². The first-order chi connectivity index (χ1) is 17.2. The van der Waals surface area contributed by atoms with Gasteiger partial charge >= 0.3 is 5.97 Å². The molecule has 1 unspecified atom stereocenters. The van der Waals surface area contributed by atoms with Gasteiger partial charge in [-0.05, 0) is 76.6 Å². The standard InChI is InChI=1S/C27H36F2N4O3/c1-18(2)36-23-10-14-30-16-22(23)24(26(34)35)33-15-11-20(17-33)27(28,29)12-4-3-7-21-9-8-19-6-5-13-31-25(19)32-21/h8-10,14,16,18,20,24H,3-7,11-13,15,17H2,1-2H3,(H,31,32)(H,34,35)/t20-,24?/m1/s1. The molecule has 0 bridgehead atoms. The molecule has 4 heterocycles. The van der Waals surface area contributed by atoms with E-state index >= 15 is 8.78 Å². The number of carboxylic acid groups (broad SMARTS) is 1. The van der Waals surface area contributed by atoms with Gasteiger partial charge in [-0.2, -0.15) is 0 Å². The van der Waals surface area contributed by atoms with Crippen LogP contribution in [0.15, 0.2) is 30.6 Å². The fraction of sp³-hybridized carbons (Fsp3) is 0.593. The summed E-state index contributed by atoms with van der Waals surface area (Å²) in [5.41, 5.74) is 2.55. The second-order valence-electron chi connectivity index (χ2n) is 10.1. The summed E-state index contributed by atoms with van der Waals surface area (Å²) in [6.45, 7) is 4.94. The van der Waals surface area contributed by atoms with Gasteiger partial charge in [0.25, 0.3) is 5.92 Å². The first-order valence-corrected chi connectivity index (χ1v) is 12.9. The van der Waals surface area contributed by atoms with Crippen LogP contribution in [0.25, 0.3) is 0 Å². The Morgan fingerprint density at radius 2 is 2.14 bits per heavy atom. The van der Waals surface area contributed by atoms with E-state index in [2.05, 4.69) is 21.4 Å². The van der Waals surface area contributed by atoms with Gasteiger partial charge in [0.2, 0.25) is 0 Å². The summed E-state index contributed by atoms with van der Waals surface area (Å²) in [5.74, 6) is -3.47. The van der Waals surface area contributed by atoms with Gasteiger partial charge in [-0.3, -0.25) is 14.7 Å². The van der Waals surface area contributed by atoms with E-state index in [4.69, 9.17) is 4.74 Å². The van der Waals surface area contributed by atoms with E-state index in [1.807, 2.05) is 19.9 Å². The molecule has 36 heavy (non-hydrogen) atoms. The molecule has 2 N–H and O–H groups in total. The van der Waals surface area contributed by atoms with Gasteiger partial charge in [-0.15, -0.1) is 0 Å². The predicted octanol–water partition coefficient (Wildman–Crippen LogP) is 5.12. The Morgan fingerprint density at radius 3 is 2.92 bits per heavy atom. The molecule has 2 aliphatic rings.